The molecule has 0 fully saturated rings. The van der Waals surface area contributed by atoms with E-state index in [0.29, 0.717) is 16.7 Å². The van der Waals surface area contributed by atoms with Crippen LogP contribution in [-0.2, 0) is 4.74 Å². The van der Waals surface area contributed by atoms with E-state index in [1.807, 2.05) is 0 Å². The first-order valence-corrected chi connectivity index (χ1v) is 4.53. The zero-order chi connectivity index (χ0) is 9.84. The van der Waals surface area contributed by atoms with Crippen molar-refractivity contribution in [3.05, 3.63) is 33.8 Å². The average Bonchev–Trinajstić information content (AvgIpc) is 2.04. The molecule has 0 aliphatic carbocycles. The normalized spacial score (nSPS) is 9.77. The fraction of sp³-hybridized carbons (Fsp3) is 0.222. The van der Waals surface area contributed by atoms with Crippen molar-refractivity contribution in [1.29, 1.82) is 0 Å². The van der Waals surface area contributed by atoms with Crippen molar-refractivity contribution in [1.82, 2.24) is 0 Å². The first-order chi connectivity index (χ1) is 6.16. The lowest BCUT2D eigenvalue weighted by Crippen LogP contribution is -2.05. The third kappa shape index (κ3) is 2.36. The average molecular weight is 219 g/mol. The first kappa shape index (κ1) is 10.4. The van der Waals surface area contributed by atoms with E-state index in [-0.39, 0.29) is 5.56 Å². The van der Waals surface area contributed by atoms with Crippen molar-refractivity contribution >= 4 is 29.2 Å². The van der Waals surface area contributed by atoms with E-state index in [4.69, 9.17) is 27.9 Å². The lowest BCUT2D eigenvalue weighted by Gasteiger charge is -2.04. The Hall–Kier alpha value is -0.730. The Balaban J connectivity index is 3.05. The number of esters is 1. The molecule has 1 aromatic carbocycles. The topological polar surface area (TPSA) is 26.3 Å². The second-order valence-corrected chi connectivity index (χ2v) is 3.13. The Morgan fingerprint density at radius 3 is 2.38 bits per heavy atom. The number of ether oxygens (including phenoxy) is 1. The highest BCUT2D eigenvalue weighted by atomic mass is 35.5. The predicted octanol–water partition coefficient (Wildman–Crippen LogP) is 3.17. The molecule has 0 N–H and O–H groups in total. The minimum absolute atomic E-state index is 0.229. The van der Waals surface area contributed by atoms with E-state index >= 15 is 0 Å². The van der Waals surface area contributed by atoms with Crippen LogP contribution in [0.1, 0.15) is 17.3 Å². The quantitative estimate of drug-likeness (QED) is 0.714. The van der Waals surface area contributed by atoms with E-state index in [0.717, 1.165) is 0 Å². The molecule has 2 nitrogen and oxygen atoms in total. The zero-order valence-electron chi connectivity index (χ0n) is 7.01. The Bertz CT molecular complexity index is 303. The molecule has 13 heavy (non-hydrogen) atoms. The Morgan fingerprint density at radius 1 is 1.38 bits per heavy atom. The van der Waals surface area contributed by atoms with Crippen LogP contribution in [0.25, 0.3) is 0 Å². The first-order valence-electron chi connectivity index (χ1n) is 3.78. The van der Waals surface area contributed by atoms with Gasteiger partial charge in [0.05, 0.1) is 22.2 Å². The van der Waals surface area contributed by atoms with Gasteiger partial charge in [-0.05, 0) is 19.1 Å². The van der Waals surface area contributed by atoms with Gasteiger partial charge < -0.3 is 4.74 Å². The van der Waals surface area contributed by atoms with E-state index in [2.05, 4.69) is 0 Å². The standard InChI is InChI=1S/C9H8Cl2O2/c1-2-13-9(12)8-6(10)4-3-5-7(8)11/h3-5H,2H2,1H3. The fourth-order valence-electron chi connectivity index (χ4n) is 0.896. The summed E-state index contributed by atoms with van der Waals surface area (Å²) in [4.78, 5) is 11.3. The van der Waals surface area contributed by atoms with Gasteiger partial charge in [0, 0.05) is 0 Å². The van der Waals surface area contributed by atoms with Gasteiger partial charge in [0.15, 0.2) is 0 Å². The van der Waals surface area contributed by atoms with Crippen LogP contribution in [0.2, 0.25) is 10.0 Å². The summed E-state index contributed by atoms with van der Waals surface area (Å²) < 4.78 is 4.78. The van der Waals surface area contributed by atoms with Crippen LogP contribution in [-0.4, -0.2) is 12.6 Å². The van der Waals surface area contributed by atoms with Crippen molar-refractivity contribution in [2.45, 2.75) is 6.92 Å². The summed E-state index contributed by atoms with van der Waals surface area (Å²) in [6.07, 6.45) is 0. The van der Waals surface area contributed by atoms with Gasteiger partial charge in [0.1, 0.15) is 0 Å². The molecule has 0 atom stereocenters. The fourth-order valence-corrected chi connectivity index (χ4v) is 1.45. The number of halogens is 2. The molecule has 1 rings (SSSR count). The molecule has 0 aliphatic rings. The second-order valence-electron chi connectivity index (χ2n) is 2.32. The number of carbonyl (C=O) groups is 1. The van der Waals surface area contributed by atoms with E-state index in [1.165, 1.54) is 0 Å². The summed E-state index contributed by atoms with van der Waals surface area (Å²) in [7, 11) is 0. The Morgan fingerprint density at radius 2 is 1.92 bits per heavy atom. The van der Waals surface area contributed by atoms with Gasteiger partial charge in [-0.2, -0.15) is 0 Å². The minimum Gasteiger partial charge on any atom is -0.462 e. The molecule has 0 heterocycles. The van der Waals surface area contributed by atoms with E-state index in [1.54, 1.807) is 25.1 Å². The maximum Gasteiger partial charge on any atom is 0.341 e. The largest absolute Gasteiger partial charge is 0.462 e. The SMILES string of the molecule is CCOC(=O)c1c(Cl)cccc1Cl. The summed E-state index contributed by atoms with van der Waals surface area (Å²) >= 11 is 11.5. The van der Waals surface area contributed by atoms with Crippen molar-refractivity contribution in [3.63, 3.8) is 0 Å². The molecule has 0 radical (unpaired) electrons. The minimum atomic E-state index is -0.488. The summed E-state index contributed by atoms with van der Waals surface area (Å²) in [5, 5.41) is 0.622. The Labute approximate surface area is 86.4 Å². The van der Waals surface area contributed by atoms with Crippen molar-refractivity contribution < 1.29 is 9.53 Å². The van der Waals surface area contributed by atoms with E-state index in [9.17, 15) is 4.79 Å². The lowest BCUT2D eigenvalue weighted by molar-refractivity contribution is 0.0527. The highest BCUT2D eigenvalue weighted by molar-refractivity contribution is 6.39. The van der Waals surface area contributed by atoms with Crippen LogP contribution < -0.4 is 0 Å². The molecule has 0 unspecified atom stereocenters. The van der Waals surface area contributed by atoms with Crippen molar-refractivity contribution in [2.75, 3.05) is 6.61 Å². The predicted molar refractivity (Wildman–Crippen MR) is 52.4 cm³/mol. The third-order valence-electron chi connectivity index (χ3n) is 1.44. The van der Waals surface area contributed by atoms with Crippen LogP contribution in [0.4, 0.5) is 0 Å². The molecule has 0 bridgehead atoms. The molecule has 0 aromatic heterocycles. The maximum absolute atomic E-state index is 11.3. The summed E-state index contributed by atoms with van der Waals surface area (Å²) in [6.45, 7) is 2.03. The van der Waals surface area contributed by atoms with Gasteiger partial charge in [-0.25, -0.2) is 4.79 Å². The zero-order valence-corrected chi connectivity index (χ0v) is 8.52. The second kappa shape index (κ2) is 4.49. The molecule has 70 valence electrons. The molecule has 0 aliphatic heterocycles. The maximum atomic E-state index is 11.3. The number of rotatable bonds is 2. The summed E-state index contributed by atoms with van der Waals surface area (Å²) in [5.41, 5.74) is 0.229. The van der Waals surface area contributed by atoms with Gasteiger partial charge >= 0.3 is 5.97 Å². The van der Waals surface area contributed by atoms with Crippen LogP contribution in [0.5, 0.6) is 0 Å². The monoisotopic (exact) mass is 218 g/mol. The molecule has 1 aromatic rings. The third-order valence-corrected chi connectivity index (χ3v) is 2.07. The van der Waals surface area contributed by atoms with Gasteiger partial charge in [-0.3, -0.25) is 0 Å². The molecule has 0 spiro atoms. The van der Waals surface area contributed by atoms with Crippen molar-refractivity contribution in [3.8, 4) is 0 Å². The lowest BCUT2D eigenvalue weighted by atomic mass is 10.2. The molecular formula is C9H8Cl2O2. The number of benzene rings is 1. The molecule has 0 saturated heterocycles. The van der Waals surface area contributed by atoms with Crippen LogP contribution >= 0.6 is 23.2 Å². The van der Waals surface area contributed by atoms with Crippen LogP contribution in [0, 0.1) is 0 Å². The highest BCUT2D eigenvalue weighted by Gasteiger charge is 2.14. The van der Waals surface area contributed by atoms with Gasteiger partial charge in [0.2, 0.25) is 0 Å². The number of hydrogen-bond donors (Lipinski definition) is 0. The summed E-state index contributed by atoms with van der Waals surface area (Å²) in [6, 6.07) is 4.87. The van der Waals surface area contributed by atoms with E-state index < -0.39 is 5.97 Å². The molecule has 0 saturated carbocycles. The highest BCUT2D eigenvalue weighted by Crippen LogP contribution is 2.24. The van der Waals surface area contributed by atoms with Crippen molar-refractivity contribution in [2.24, 2.45) is 0 Å². The molecular weight excluding hydrogens is 211 g/mol. The number of carbonyl (C=O) groups excluding carboxylic acids is 1. The van der Waals surface area contributed by atoms with Crippen LogP contribution in [0.15, 0.2) is 18.2 Å². The molecule has 0 amide bonds. The Kier molecular flexibility index (Phi) is 3.58. The molecule has 4 heteroatoms. The van der Waals surface area contributed by atoms with Crippen LogP contribution in [0.3, 0.4) is 0 Å². The summed E-state index contributed by atoms with van der Waals surface area (Å²) in [5.74, 6) is -0.488. The van der Waals surface area contributed by atoms with Gasteiger partial charge in [-0.1, -0.05) is 29.3 Å². The van der Waals surface area contributed by atoms with Gasteiger partial charge in [-0.15, -0.1) is 0 Å². The smallest absolute Gasteiger partial charge is 0.341 e. The van der Waals surface area contributed by atoms with Gasteiger partial charge in [0.25, 0.3) is 0 Å². The number of hydrogen-bond acceptors (Lipinski definition) is 2.